The van der Waals surface area contributed by atoms with E-state index in [1.165, 1.54) is 19.3 Å². The second kappa shape index (κ2) is 68.5. The van der Waals surface area contributed by atoms with Crippen molar-refractivity contribution in [3.05, 3.63) is 207 Å². The van der Waals surface area contributed by atoms with Crippen LogP contribution in [-0.2, 0) is 28.6 Å². The van der Waals surface area contributed by atoms with Gasteiger partial charge in [0.05, 0.1) is 0 Å². The zero-order valence-electron chi connectivity index (χ0n) is 52.6. The monoisotopic (exact) mass is 1140 g/mol. The summed E-state index contributed by atoms with van der Waals surface area (Å²) < 4.78 is 16.8. The lowest BCUT2D eigenvalue weighted by atomic mass is 10.1. The van der Waals surface area contributed by atoms with Gasteiger partial charge in [-0.05, 0) is 161 Å². The topological polar surface area (TPSA) is 78.9 Å². The summed E-state index contributed by atoms with van der Waals surface area (Å²) in [5, 5.41) is 0. The molecule has 0 bridgehead atoms. The molecule has 6 heteroatoms. The lowest BCUT2D eigenvalue weighted by molar-refractivity contribution is -0.167. The number of carbonyl (C=O) groups is 3. The number of ether oxygens (including phenoxy) is 3. The quantitative estimate of drug-likeness (QED) is 0.0261. The van der Waals surface area contributed by atoms with E-state index < -0.39 is 6.10 Å². The molecule has 6 nitrogen and oxygen atoms in total. The Balaban J connectivity index is 4.51. The van der Waals surface area contributed by atoms with Crippen molar-refractivity contribution >= 4 is 17.9 Å². The van der Waals surface area contributed by atoms with Crippen molar-refractivity contribution in [1.29, 1.82) is 0 Å². The molecule has 0 amide bonds. The Morgan fingerprint density at radius 1 is 0.253 bits per heavy atom. The van der Waals surface area contributed by atoms with Gasteiger partial charge in [-0.15, -0.1) is 0 Å². The van der Waals surface area contributed by atoms with Crippen LogP contribution < -0.4 is 0 Å². The molecule has 460 valence electrons. The van der Waals surface area contributed by atoms with Crippen LogP contribution in [0.4, 0.5) is 0 Å². The van der Waals surface area contributed by atoms with Crippen molar-refractivity contribution in [3.8, 4) is 0 Å². The van der Waals surface area contributed by atoms with Crippen LogP contribution in [0.1, 0.15) is 239 Å². The summed E-state index contributed by atoms with van der Waals surface area (Å²) in [5.41, 5.74) is 0. The molecular formula is C77H116O6. The highest BCUT2D eigenvalue weighted by Crippen LogP contribution is 2.12. The first-order chi connectivity index (χ1) is 41.0. The van der Waals surface area contributed by atoms with Crippen molar-refractivity contribution in [2.45, 2.75) is 245 Å². The van der Waals surface area contributed by atoms with Crippen molar-refractivity contribution in [2.24, 2.45) is 0 Å². The maximum atomic E-state index is 12.9. The summed E-state index contributed by atoms with van der Waals surface area (Å²) in [6.45, 7) is 6.27. The third kappa shape index (κ3) is 66.7. The molecule has 0 aromatic rings. The number of carbonyl (C=O) groups excluding carboxylic acids is 3. The molecule has 0 N–H and O–H groups in total. The third-order valence-corrected chi connectivity index (χ3v) is 12.8. The summed E-state index contributed by atoms with van der Waals surface area (Å²) in [6.07, 6.45) is 106. The minimum atomic E-state index is -0.837. The van der Waals surface area contributed by atoms with E-state index in [0.29, 0.717) is 19.3 Å². The molecule has 1 unspecified atom stereocenters. The SMILES string of the molecule is CC/C=C\C/C=C\C/C=C\C/C=C\C/C=C\C/C=C\C/C=C\C/C=C\C/C=C\CCCC(=O)OCC(COC(=O)CCCCCCC/C=C\CCCC)OC(=O)CCCCC/C=C\C/C=C\C/C=C\C/C=C\C/C=C\C/C=C\C/C=C\CC. The van der Waals surface area contributed by atoms with E-state index in [4.69, 9.17) is 14.2 Å². The highest BCUT2D eigenvalue weighted by Gasteiger charge is 2.19. The first-order valence-corrected chi connectivity index (χ1v) is 32.6. The van der Waals surface area contributed by atoms with E-state index in [-0.39, 0.29) is 44.0 Å². The fourth-order valence-corrected chi connectivity index (χ4v) is 7.93. The van der Waals surface area contributed by atoms with Crippen LogP contribution >= 0.6 is 0 Å². The Morgan fingerprint density at radius 3 is 0.807 bits per heavy atom. The number of esters is 3. The Morgan fingerprint density at radius 2 is 0.482 bits per heavy atom. The predicted octanol–water partition coefficient (Wildman–Crippen LogP) is 22.8. The second-order valence-corrected chi connectivity index (χ2v) is 20.5. The summed E-state index contributed by atoms with van der Waals surface area (Å²) in [6, 6.07) is 0. The normalized spacial score (nSPS) is 13.5. The summed E-state index contributed by atoms with van der Waals surface area (Å²) in [5.74, 6) is -1.04. The highest BCUT2D eigenvalue weighted by molar-refractivity contribution is 5.71. The van der Waals surface area contributed by atoms with E-state index in [0.717, 1.165) is 167 Å². The summed E-state index contributed by atoms with van der Waals surface area (Å²) >= 11 is 0. The van der Waals surface area contributed by atoms with Gasteiger partial charge in [0.15, 0.2) is 6.10 Å². The van der Waals surface area contributed by atoms with E-state index in [1.807, 2.05) is 0 Å². The van der Waals surface area contributed by atoms with Gasteiger partial charge in [-0.3, -0.25) is 14.4 Å². The minimum Gasteiger partial charge on any atom is -0.462 e. The lowest BCUT2D eigenvalue weighted by Gasteiger charge is -2.18. The van der Waals surface area contributed by atoms with Crippen LogP contribution in [0, 0.1) is 0 Å². The first kappa shape index (κ1) is 77.0. The largest absolute Gasteiger partial charge is 0.462 e. The molecule has 0 aliphatic rings. The third-order valence-electron chi connectivity index (χ3n) is 12.8. The molecule has 0 saturated heterocycles. The molecule has 0 rings (SSSR count). The maximum absolute atomic E-state index is 12.9. The number of rotatable bonds is 56. The smallest absolute Gasteiger partial charge is 0.306 e. The molecule has 0 aliphatic carbocycles. The Kier molecular flexibility index (Phi) is 63.5. The average molecular weight is 1140 g/mol. The van der Waals surface area contributed by atoms with Crippen molar-refractivity contribution in [3.63, 3.8) is 0 Å². The molecular weight excluding hydrogens is 1020 g/mol. The van der Waals surface area contributed by atoms with Crippen molar-refractivity contribution in [2.75, 3.05) is 13.2 Å². The standard InChI is InChI=1S/C77H116O6/c1-4-7-10-13-16-19-22-24-26-28-30-32-34-36-37-38-39-41-42-44-46-48-50-52-55-58-61-64-67-70-76(79)82-73-74(72-81-75(78)69-66-63-60-57-54-21-18-15-12-9-6-3)83-77(80)71-68-65-62-59-56-53-51-49-47-45-43-40-35-33-31-29-27-25-23-20-17-14-11-8-5-2/h7-8,10-11,15-20,24-27,30-33,36-37,39-41,43-44,46-47,49-50,52-53,56,58,61,74H,4-6,9,12-14,21-23,28-29,34-35,38,42,45,48,51,54-55,57,59-60,62-73H2,1-3H3/b10-7-,11-8-,18-15-,19-16-,20-17-,26-24-,27-25-,32-30-,33-31-,37-36-,41-39-,43-40-,46-44-,49-47-,52-50-,56-53-,61-58-. The molecule has 0 saturated carbocycles. The van der Waals surface area contributed by atoms with Gasteiger partial charge in [0.2, 0.25) is 0 Å². The van der Waals surface area contributed by atoms with Crippen LogP contribution in [0.25, 0.3) is 0 Å². The van der Waals surface area contributed by atoms with Crippen LogP contribution in [0.15, 0.2) is 207 Å². The molecule has 0 aromatic heterocycles. The Bertz CT molecular complexity index is 2030. The fourth-order valence-electron chi connectivity index (χ4n) is 7.93. The van der Waals surface area contributed by atoms with E-state index >= 15 is 0 Å². The van der Waals surface area contributed by atoms with Gasteiger partial charge < -0.3 is 14.2 Å². The summed E-state index contributed by atoms with van der Waals surface area (Å²) in [4.78, 5) is 38.3. The molecule has 0 spiro atoms. The molecule has 0 aromatic carbocycles. The Labute approximate surface area is 509 Å². The molecule has 0 radical (unpaired) electrons. The zero-order chi connectivity index (χ0) is 59.9. The molecule has 0 heterocycles. The van der Waals surface area contributed by atoms with Gasteiger partial charge in [0, 0.05) is 19.3 Å². The zero-order valence-corrected chi connectivity index (χ0v) is 52.6. The van der Waals surface area contributed by atoms with E-state index in [9.17, 15) is 14.4 Å². The number of unbranched alkanes of at least 4 members (excludes halogenated alkanes) is 11. The highest BCUT2D eigenvalue weighted by atomic mass is 16.6. The van der Waals surface area contributed by atoms with Gasteiger partial charge in [-0.2, -0.15) is 0 Å². The van der Waals surface area contributed by atoms with Crippen LogP contribution in [0.5, 0.6) is 0 Å². The van der Waals surface area contributed by atoms with Gasteiger partial charge in [0.25, 0.3) is 0 Å². The fraction of sp³-hybridized carbons (Fsp3) is 0.519. The van der Waals surface area contributed by atoms with Gasteiger partial charge in [-0.25, -0.2) is 0 Å². The molecule has 1 atom stereocenters. The number of allylic oxidation sites excluding steroid dienone is 34. The molecule has 0 aliphatic heterocycles. The van der Waals surface area contributed by atoms with Gasteiger partial charge in [0.1, 0.15) is 13.2 Å². The number of hydrogen-bond acceptors (Lipinski definition) is 6. The van der Waals surface area contributed by atoms with E-state index in [1.54, 1.807) is 0 Å². The van der Waals surface area contributed by atoms with Crippen LogP contribution in [0.3, 0.4) is 0 Å². The number of hydrogen-bond donors (Lipinski definition) is 0. The summed E-state index contributed by atoms with van der Waals surface area (Å²) in [7, 11) is 0. The maximum Gasteiger partial charge on any atom is 0.306 e. The van der Waals surface area contributed by atoms with Crippen LogP contribution in [-0.4, -0.2) is 37.2 Å². The van der Waals surface area contributed by atoms with E-state index in [2.05, 4.69) is 227 Å². The van der Waals surface area contributed by atoms with Crippen LogP contribution in [0.2, 0.25) is 0 Å². The van der Waals surface area contributed by atoms with Crippen molar-refractivity contribution < 1.29 is 28.6 Å². The van der Waals surface area contributed by atoms with Crippen molar-refractivity contribution in [1.82, 2.24) is 0 Å². The van der Waals surface area contributed by atoms with Gasteiger partial charge >= 0.3 is 17.9 Å². The second-order valence-electron chi connectivity index (χ2n) is 20.5. The minimum absolute atomic E-state index is 0.126. The van der Waals surface area contributed by atoms with Gasteiger partial charge in [-0.1, -0.05) is 266 Å². The first-order valence-electron chi connectivity index (χ1n) is 32.6. The average Bonchev–Trinajstić information content (AvgIpc) is 3.48. The predicted molar refractivity (Wildman–Crippen MR) is 361 cm³/mol. The lowest BCUT2D eigenvalue weighted by Crippen LogP contribution is -2.30. The molecule has 83 heavy (non-hydrogen) atoms. The Hall–Kier alpha value is -6.01. The molecule has 0 fully saturated rings.